The molecule has 1 N–H and O–H groups in total. The number of rotatable bonds is 5. The van der Waals surface area contributed by atoms with Gasteiger partial charge in [0.05, 0.1) is 17.8 Å². The molecule has 22 heavy (non-hydrogen) atoms. The fraction of sp³-hybridized carbons (Fsp3) is 0.467. The van der Waals surface area contributed by atoms with Crippen LogP contribution in [0.15, 0.2) is 18.2 Å². The number of hydrogen-bond donors (Lipinski definition) is 1. The molecule has 1 atom stereocenters. The van der Waals surface area contributed by atoms with Crippen molar-refractivity contribution in [3.63, 3.8) is 0 Å². The van der Waals surface area contributed by atoms with Crippen molar-refractivity contribution < 1.29 is 23.1 Å². The van der Waals surface area contributed by atoms with Gasteiger partial charge in [-0.25, -0.2) is 8.78 Å². The maximum Gasteiger partial charge on any atom is 0.265 e. The van der Waals surface area contributed by atoms with Gasteiger partial charge in [0.2, 0.25) is 0 Å². The summed E-state index contributed by atoms with van der Waals surface area (Å²) in [6.07, 6.45) is -2.77. The standard InChI is InChI=1S/C15H18F2N2O3/c1-3-7-19(8-12(16)17)15(21)10-5-4-6-11-13(10)22-9(2)14(20)18-11/h4-6,9,12H,3,7-8H2,1-2H3,(H,18,20). The van der Waals surface area contributed by atoms with Crippen molar-refractivity contribution >= 4 is 17.5 Å². The third kappa shape index (κ3) is 3.35. The van der Waals surface area contributed by atoms with Crippen molar-refractivity contribution in [3.05, 3.63) is 23.8 Å². The summed E-state index contributed by atoms with van der Waals surface area (Å²) >= 11 is 0. The van der Waals surface area contributed by atoms with E-state index in [0.717, 1.165) is 4.90 Å². The molecule has 1 aliphatic rings. The Kier molecular flexibility index (Phi) is 4.95. The number of fused-ring (bicyclic) bond motifs is 1. The van der Waals surface area contributed by atoms with Gasteiger partial charge in [-0.05, 0) is 25.5 Å². The van der Waals surface area contributed by atoms with Crippen LogP contribution in [0.3, 0.4) is 0 Å². The lowest BCUT2D eigenvalue weighted by atomic mass is 10.1. The van der Waals surface area contributed by atoms with Crippen LogP contribution >= 0.6 is 0 Å². The number of ether oxygens (including phenoxy) is 1. The maximum absolute atomic E-state index is 12.7. The first-order valence-electron chi connectivity index (χ1n) is 7.12. The summed E-state index contributed by atoms with van der Waals surface area (Å²) in [5.74, 6) is -0.604. The van der Waals surface area contributed by atoms with Crippen LogP contribution in [-0.2, 0) is 4.79 Å². The molecule has 2 rings (SSSR count). The number of nitrogens with zero attached hydrogens (tertiary/aromatic N) is 1. The van der Waals surface area contributed by atoms with Crippen LogP contribution in [0.4, 0.5) is 14.5 Å². The minimum atomic E-state index is -2.60. The van der Waals surface area contributed by atoms with Crippen LogP contribution in [0.5, 0.6) is 5.75 Å². The lowest BCUT2D eigenvalue weighted by Gasteiger charge is -2.27. The fourth-order valence-corrected chi connectivity index (χ4v) is 2.28. The summed E-state index contributed by atoms with van der Waals surface area (Å²) in [6, 6.07) is 4.70. The second kappa shape index (κ2) is 6.72. The number of nitrogens with one attached hydrogen (secondary N) is 1. The van der Waals surface area contributed by atoms with E-state index in [-0.39, 0.29) is 23.8 Å². The quantitative estimate of drug-likeness (QED) is 0.909. The molecule has 1 aromatic carbocycles. The first-order valence-corrected chi connectivity index (χ1v) is 7.12. The summed E-state index contributed by atoms with van der Waals surface area (Å²) in [5, 5.41) is 2.63. The molecule has 0 radical (unpaired) electrons. The molecule has 1 unspecified atom stereocenters. The van der Waals surface area contributed by atoms with Gasteiger partial charge in [-0.15, -0.1) is 0 Å². The average molecular weight is 312 g/mol. The van der Waals surface area contributed by atoms with Crippen LogP contribution in [0.1, 0.15) is 30.6 Å². The molecule has 120 valence electrons. The summed E-state index contributed by atoms with van der Waals surface area (Å²) < 4.78 is 30.8. The second-order valence-electron chi connectivity index (χ2n) is 5.07. The molecule has 5 nitrogen and oxygen atoms in total. The Morgan fingerprint density at radius 3 is 2.82 bits per heavy atom. The Bertz CT molecular complexity index is 578. The number of hydrogen-bond acceptors (Lipinski definition) is 3. The van der Waals surface area contributed by atoms with Crippen LogP contribution < -0.4 is 10.1 Å². The second-order valence-corrected chi connectivity index (χ2v) is 5.07. The van der Waals surface area contributed by atoms with Gasteiger partial charge in [0.25, 0.3) is 18.2 Å². The molecule has 7 heteroatoms. The molecule has 0 aliphatic carbocycles. The number of alkyl halides is 2. The zero-order chi connectivity index (χ0) is 16.3. The van der Waals surface area contributed by atoms with Crippen molar-refractivity contribution in [1.82, 2.24) is 4.90 Å². The lowest BCUT2D eigenvalue weighted by Crippen LogP contribution is -2.38. The number of carbonyl (C=O) groups is 2. The van der Waals surface area contributed by atoms with Crippen molar-refractivity contribution in [3.8, 4) is 5.75 Å². The Labute approximate surface area is 127 Å². The smallest absolute Gasteiger partial charge is 0.265 e. The molecule has 1 aliphatic heterocycles. The van der Waals surface area contributed by atoms with Gasteiger partial charge in [-0.3, -0.25) is 9.59 Å². The maximum atomic E-state index is 12.7. The van der Waals surface area contributed by atoms with E-state index in [1.165, 1.54) is 6.07 Å². The van der Waals surface area contributed by atoms with E-state index in [2.05, 4.69) is 5.32 Å². The highest BCUT2D eigenvalue weighted by Crippen LogP contribution is 2.34. The molecule has 0 bridgehead atoms. The first kappa shape index (κ1) is 16.2. The predicted molar refractivity (Wildman–Crippen MR) is 77.4 cm³/mol. The van der Waals surface area contributed by atoms with Gasteiger partial charge in [-0.1, -0.05) is 13.0 Å². The van der Waals surface area contributed by atoms with E-state index in [4.69, 9.17) is 4.74 Å². The molecule has 1 aromatic rings. The molecule has 0 spiro atoms. The SMILES string of the molecule is CCCN(CC(F)F)C(=O)c1cccc2c1OC(C)C(=O)N2. The molecular formula is C15H18F2N2O3. The van der Waals surface area contributed by atoms with Gasteiger partial charge in [-0.2, -0.15) is 0 Å². The normalized spacial score (nSPS) is 16.8. The number of benzene rings is 1. The van der Waals surface area contributed by atoms with Gasteiger partial charge in [0, 0.05) is 6.54 Å². The molecule has 1 heterocycles. The highest BCUT2D eigenvalue weighted by molar-refractivity contribution is 6.04. The van der Waals surface area contributed by atoms with Crippen LogP contribution in [0.2, 0.25) is 0 Å². The van der Waals surface area contributed by atoms with E-state index >= 15 is 0 Å². The summed E-state index contributed by atoms with van der Waals surface area (Å²) in [6.45, 7) is 2.97. The zero-order valence-electron chi connectivity index (χ0n) is 12.4. The molecule has 0 saturated carbocycles. The highest BCUT2D eigenvalue weighted by Gasteiger charge is 2.29. The van der Waals surface area contributed by atoms with Crippen LogP contribution in [-0.4, -0.2) is 42.3 Å². The first-order chi connectivity index (χ1) is 10.4. The predicted octanol–water partition coefficient (Wildman–Crippen LogP) is 2.52. The largest absolute Gasteiger partial charge is 0.478 e. The third-order valence-electron chi connectivity index (χ3n) is 3.31. The summed E-state index contributed by atoms with van der Waals surface area (Å²) in [7, 11) is 0. The van der Waals surface area contributed by atoms with Crippen molar-refractivity contribution in [2.45, 2.75) is 32.8 Å². The van der Waals surface area contributed by atoms with E-state index in [1.807, 2.05) is 6.92 Å². The number of carbonyl (C=O) groups excluding carboxylic acids is 2. The van der Waals surface area contributed by atoms with Crippen molar-refractivity contribution in [2.75, 3.05) is 18.4 Å². The minimum absolute atomic E-state index is 0.179. The Hall–Kier alpha value is -2.18. The zero-order valence-corrected chi connectivity index (χ0v) is 12.4. The van der Waals surface area contributed by atoms with Crippen molar-refractivity contribution in [2.24, 2.45) is 0 Å². The number of para-hydroxylation sites is 1. The number of halogens is 2. The van der Waals surface area contributed by atoms with Crippen LogP contribution in [0.25, 0.3) is 0 Å². The Morgan fingerprint density at radius 1 is 1.45 bits per heavy atom. The average Bonchev–Trinajstić information content (AvgIpc) is 2.46. The third-order valence-corrected chi connectivity index (χ3v) is 3.31. The van der Waals surface area contributed by atoms with E-state index in [0.29, 0.717) is 12.1 Å². The highest BCUT2D eigenvalue weighted by atomic mass is 19.3. The molecular weight excluding hydrogens is 294 g/mol. The Morgan fingerprint density at radius 2 is 2.18 bits per heavy atom. The van der Waals surface area contributed by atoms with Gasteiger partial charge in [0.1, 0.15) is 0 Å². The molecule has 0 fully saturated rings. The molecule has 2 amide bonds. The lowest BCUT2D eigenvalue weighted by molar-refractivity contribution is -0.122. The van der Waals surface area contributed by atoms with E-state index in [1.54, 1.807) is 19.1 Å². The van der Waals surface area contributed by atoms with Crippen molar-refractivity contribution in [1.29, 1.82) is 0 Å². The van der Waals surface area contributed by atoms with E-state index in [9.17, 15) is 18.4 Å². The van der Waals surface area contributed by atoms with E-state index < -0.39 is 25.0 Å². The van der Waals surface area contributed by atoms with Crippen LogP contribution in [0, 0.1) is 0 Å². The summed E-state index contributed by atoms with van der Waals surface area (Å²) in [5.41, 5.74) is 0.556. The minimum Gasteiger partial charge on any atom is -0.478 e. The number of anilines is 1. The number of amides is 2. The fourth-order valence-electron chi connectivity index (χ4n) is 2.28. The van der Waals surface area contributed by atoms with Gasteiger partial charge < -0.3 is 15.0 Å². The Balaban J connectivity index is 2.33. The molecule has 0 aromatic heterocycles. The molecule has 0 saturated heterocycles. The topological polar surface area (TPSA) is 58.6 Å². The monoisotopic (exact) mass is 312 g/mol. The summed E-state index contributed by atoms with van der Waals surface area (Å²) in [4.78, 5) is 25.2. The van der Waals surface area contributed by atoms with Gasteiger partial charge >= 0.3 is 0 Å². The van der Waals surface area contributed by atoms with Gasteiger partial charge in [0.15, 0.2) is 11.9 Å².